The maximum atomic E-state index is 10.6. The van der Waals surface area contributed by atoms with Gasteiger partial charge in [-0.25, -0.2) is 5.14 Å². The average Bonchev–Trinajstić information content (AvgIpc) is 1.79. The maximum absolute atomic E-state index is 10.6. The van der Waals surface area contributed by atoms with Crippen LogP contribution in [-0.2, 0) is 10.2 Å². The van der Waals surface area contributed by atoms with Crippen LogP contribution in [0.25, 0.3) is 0 Å². The zero-order valence-corrected chi connectivity index (χ0v) is 9.27. The van der Waals surface area contributed by atoms with Gasteiger partial charge in [0.2, 0.25) is 0 Å². The van der Waals surface area contributed by atoms with E-state index in [2.05, 4.69) is 9.71 Å². The predicted molar refractivity (Wildman–Crippen MR) is 53.7 cm³/mol. The first kappa shape index (κ1) is 12.4. The molecule has 6 heteroatoms. The monoisotopic (exact) mass is 207 g/mol. The lowest BCUT2D eigenvalue weighted by Crippen LogP contribution is -2.27. The predicted octanol–water partition coefficient (Wildman–Crippen LogP) is 0.244. The molecule has 0 aromatic heterocycles. The van der Waals surface area contributed by atoms with Crippen molar-refractivity contribution in [2.75, 3.05) is 7.05 Å². The SMILES string of the molecule is CN/C(CC(C)(C)C)=N\S(N)(=O)=O. The lowest BCUT2D eigenvalue weighted by molar-refractivity contribution is 0.430. The summed E-state index contributed by atoms with van der Waals surface area (Å²) in [5, 5.41) is 7.48. The van der Waals surface area contributed by atoms with Gasteiger partial charge in [0.1, 0.15) is 5.84 Å². The van der Waals surface area contributed by atoms with E-state index < -0.39 is 10.2 Å². The molecule has 0 spiro atoms. The standard InChI is InChI=1S/C7H17N3O2S/c1-7(2,3)5-6(9-4)10-13(8,11)12/h5H2,1-4H3,(H,9,10)(H2,8,11,12). The van der Waals surface area contributed by atoms with Crippen LogP contribution in [0.5, 0.6) is 0 Å². The van der Waals surface area contributed by atoms with Crippen molar-refractivity contribution in [2.24, 2.45) is 15.0 Å². The van der Waals surface area contributed by atoms with Crippen LogP contribution >= 0.6 is 0 Å². The van der Waals surface area contributed by atoms with Crippen LogP contribution in [0.1, 0.15) is 27.2 Å². The van der Waals surface area contributed by atoms with Crippen molar-refractivity contribution in [3.05, 3.63) is 0 Å². The molecule has 3 N–H and O–H groups in total. The van der Waals surface area contributed by atoms with Gasteiger partial charge in [0.25, 0.3) is 0 Å². The second kappa shape index (κ2) is 4.06. The largest absolute Gasteiger partial charge is 0.376 e. The van der Waals surface area contributed by atoms with Gasteiger partial charge >= 0.3 is 10.2 Å². The van der Waals surface area contributed by atoms with Crippen LogP contribution in [0.15, 0.2) is 4.40 Å². The molecule has 0 aliphatic heterocycles. The molecule has 0 aliphatic carbocycles. The molecule has 0 saturated carbocycles. The Kier molecular flexibility index (Phi) is 3.87. The first-order valence-electron chi connectivity index (χ1n) is 3.93. The highest BCUT2D eigenvalue weighted by atomic mass is 32.2. The van der Waals surface area contributed by atoms with Gasteiger partial charge in [0, 0.05) is 13.5 Å². The molecule has 5 nitrogen and oxygen atoms in total. The van der Waals surface area contributed by atoms with Crippen molar-refractivity contribution < 1.29 is 8.42 Å². The number of hydrogen-bond acceptors (Lipinski definition) is 2. The van der Waals surface area contributed by atoms with E-state index in [0.29, 0.717) is 12.3 Å². The summed E-state index contributed by atoms with van der Waals surface area (Å²) in [6.45, 7) is 5.97. The summed E-state index contributed by atoms with van der Waals surface area (Å²) in [5.41, 5.74) is -0.0213. The third-order valence-corrected chi connectivity index (χ3v) is 1.70. The minimum Gasteiger partial charge on any atom is -0.376 e. The van der Waals surface area contributed by atoms with Gasteiger partial charge in [-0.3, -0.25) is 0 Å². The summed E-state index contributed by atoms with van der Waals surface area (Å²) in [5.74, 6) is 0.384. The number of amidine groups is 1. The Hall–Kier alpha value is -0.620. The van der Waals surface area contributed by atoms with Gasteiger partial charge in [0.15, 0.2) is 0 Å². The molecule has 0 aliphatic rings. The van der Waals surface area contributed by atoms with Crippen LogP contribution in [0.2, 0.25) is 0 Å². The fourth-order valence-corrected chi connectivity index (χ4v) is 1.29. The van der Waals surface area contributed by atoms with E-state index in [1.165, 1.54) is 0 Å². The molecule has 0 unspecified atom stereocenters. The van der Waals surface area contributed by atoms with E-state index in [1.807, 2.05) is 20.8 Å². The molecule has 0 aromatic rings. The van der Waals surface area contributed by atoms with Gasteiger partial charge in [-0.05, 0) is 5.41 Å². The van der Waals surface area contributed by atoms with E-state index in [-0.39, 0.29) is 5.41 Å². The second-order valence-electron chi connectivity index (χ2n) is 4.04. The summed E-state index contributed by atoms with van der Waals surface area (Å²) < 4.78 is 24.6. The molecule has 0 saturated heterocycles. The van der Waals surface area contributed by atoms with Gasteiger partial charge in [-0.15, -0.1) is 4.40 Å². The lowest BCUT2D eigenvalue weighted by Gasteiger charge is -2.18. The number of nitrogens with zero attached hydrogens (tertiary/aromatic N) is 1. The van der Waals surface area contributed by atoms with Crippen LogP contribution < -0.4 is 10.5 Å². The molecule has 0 rings (SSSR count). The maximum Gasteiger partial charge on any atom is 0.318 e. The van der Waals surface area contributed by atoms with Gasteiger partial charge in [-0.1, -0.05) is 20.8 Å². The molecule has 0 aromatic carbocycles. The number of hydrogen-bond donors (Lipinski definition) is 2. The fraction of sp³-hybridized carbons (Fsp3) is 0.857. The topological polar surface area (TPSA) is 84.5 Å². The fourth-order valence-electron chi connectivity index (χ4n) is 0.822. The molecule has 0 radical (unpaired) electrons. The van der Waals surface area contributed by atoms with Crippen LogP contribution in [-0.4, -0.2) is 21.3 Å². The van der Waals surface area contributed by atoms with Crippen LogP contribution in [0.3, 0.4) is 0 Å². The van der Waals surface area contributed by atoms with Crippen molar-refractivity contribution >= 4 is 16.0 Å². The summed E-state index contributed by atoms with van der Waals surface area (Å²) in [4.78, 5) is 0. The molecule has 78 valence electrons. The average molecular weight is 207 g/mol. The molecule has 0 atom stereocenters. The highest BCUT2D eigenvalue weighted by Gasteiger charge is 2.14. The highest BCUT2D eigenvalue weighted by Crippen LogP contribution is 2.18. The first-order chi connectivity index (χ1) is 5.64. The molecule has 0 heterocycles. The molecular weight excluding hydrogens is 190 g/mol. The van der Waals surface area contributed by atoms with Gasteiger partial charge in [0.05, 0.1) is 0 Å². The Bertz CT molecular complexity index is 287. The second-order valence-corrected chi connectivity index (χ2v) is 5.25. The third-order valence-electron chi connectivity index (χ3n) is 1.22. The van der Waals surface area contributed by atoms with E-state index in [1.54, 1.807) is 7.05 Å². The molecule has 0 fully saturated rings. The lowest BCUT2D eigenvalue weighted by atomic mass is 9.92. The zero-order valence-electron chi connectivity index (χ0n) is 8.46. The Balaban J connectivity index is 4.64. The Labute approximate surface area is 79.6 Å². The smallest absolute Gasteiger partial charge is 0.318 e. The highest BCUT2D eigenvalue weighted by molar-refractivity contribution is 7.88. The summed E-state index contributed by atoms with van der Waals surface area (Å²) in [6, 6.07) is 0. The van der Waals surface area contributed by atoms with Crippen molar-refractivity contribution in [1.82, 2.24) is 5.32 Å². The molecular formula is C7H17N3O2S. The molecule has 0 amide bonds. The van der Waals surface area contributed by atoms with E-state index >= 15 is 0 Å². The van der Waals surface area contributed by atoms with E-state index in [0.717, 1.165) is 0 Å². The zero-order chi connectivity index (χ0) is 10.7. The summed E-state index contributed by atoms with van der Waals surface area (Å²) in [6.07, 6.45) is 0.542. The Morgan fingerprint density at radius 1 is 1.46 bits per heavy atom. The van der Waals surface area contributed by atoms with Crippen molar-refractivity contribution in [3.8, 4) is 0 Å². The number of rotatable bonds is 2. The summed E-state index contributed by atoms with van der Waals surface area (Å²) >= 11 is 0. The minimum atomic E-state index is -3.78. The Morgan fingerprint density at radius 2 is 1.92 bits per heavy atom. The van der Waals surface area contributed by atoms with Crippen molar-refractivity contribution in [1.29, 1.82) is 0 Å². The van der Waals surface area contributed by atoms with Crippen LogP contribution in [0.4, 0.5) is 0 Å². The molecule has 0 bridgehead atoms. The quantitative estimate of drug-likeness (QED) is 0.502. The first-order valence-corrected chi connectivity index (χ1v) is 5.44. The van der Waals surface area contributed by atoms with Gasteiger partial charge < -0.3 is 5.32 Å². The van der Waals surface area contributed by atoms with E-state index in [4.69, 9.17) is 5.14 Å². The normalized spacial score (nSPS) is 14.4. The minimum absolute atomic E-state index is 0.0213. The Morgan fingerprint density at radius 3 is 2.15 bits per heavy atom. The van der Waals surface area contributed by atoms with Gasteiger partial charge in [-0.2, -0.15) is 8.42 Å². The number of nitrogens with two attached hydrogens (primary N) is 1. The van der Waals surface area contributed by atoms with E-state index in [9.17, 15) is 8.42 Å². The van der Waals surface area contributed by atoms with Crippen molar-refractivity contribution in [3.63, 3.8) is 0 Å². The van der Waals surface area contributed by atoms with Crippen molar-refractivity contribution in [2.45, 2.75) is 27.2 Å². The van der Waals surface area contributed by atoms with Crippen LogP contribution in [0, 0.1) is 5.41 Å². The summed E-state index contributed by atoms with van der Waals surface area (Å²) in [7, 11) is -2.16. The number of nitrogens with one attached hydrogen (secondary N) is 1. The molecule has 13 heavy (non-hydrogen) atoms. The third kappa shape index (κ3) is 7.73.